The summed E-state index contributed by atoms with van der Waals surface area (Å²) in [5.41, 5.74) is 0.789. The van der Waals surface area contributed by atoms with Gasteiger partial charge in [-0.2, -0.15) is 0 Å². The quantitative estimate of drug-likeness (QED) is 0.447. The number of amides is 2. The number of carbonyl (C=O) groups is 2. The summed E-state index contributed by atoms with van der Waals surface area (Å²) in [5.74, 6) is -0.215. The second-order valence-electron chi connectivity index (χ2n) is 5.67. The van der Waals surface area contributed by atoms with Gasteiger partial charge in [0.2, 0.25) is 0 Å². The Morgan fingerprint density at radius 2 is 1.75 bits per heavy atom. The lowest BCUT2D eigenvalue weighted by atomic mass is 10.1. The first-order valence-corrected chi connectivity index (χ1v) is 9.10. The van der Waals surface area contributed by atoms with Crippen LogP contribution in [0.2, 0.25) is 10.0 Å². The molecule has 144 valence electrons. The lowest BCUT2D eigenvalue weighted by Crippen LogP contribution is -2.54. The van der Waals surface area contributed by atoms with Gasteiger partial charge in [-0.25, -0.2) is 0 Å². The highest BCUT2D eigenvalue weighted by Gasteiger charge is 2.35. The lowest BCUT2D eigenvalue weighted by molar-refractivity contribution is -0.122. The van der Waals surface area contributed by atoms with Crippen molar-refractivity contribution in [3.63, 3.8) is 0 Å². The molecule has 0 saturated carbocycles. The number of anilines is 1. The van der Waals surface area contributed by atoms with Gasteiger partial charge in [0, 0.05) is 5.02 Å². The predicted octanol–water partition coefficient (Wildman–Crippen LogP) is 3.84. The number of halogens is 2. The van der Waals surface area contributed by atoms with E-state index in [2.05, 4.69) is 5.32 Å². The van der Waals surface area contributed by atoms with Crippen LogP contribution in [0.25, 0.3) is 6.08 Å². The van der Waals surface area contributed by atoms with Crippen LogP contribution >= 0.6 is 35.4 Å². The summed E-state index contributed by atoms with van der Waals surface area (Å²) in [6.45, 7) is 0. The summed E-state index contributed by atoms with van der Waals surface area (Å²) in [7, 11) is 3.01. The maximum absolute atomic E-state index is 13.0. The fraction of sp³-hybridized carbons (Fsp3) is 0.105. The molecule has 0 bridgehead atoms. The van der Waals surface area contributed by atoms with Gasteiger partial charge >= 0.3 is 0 Å². The van der Waals surface area contributed by atoms with E-state index in [1.54, 1.807) is 30.3 Å². The molecule has 1 heterocycles. The second-order valence-corrected chi connectivity index (χ2v) is 6.90. The molecule has 0 aliphatic carbocycles. The lowest BCUT2D eigenvalue weighted by Gasteiger charge is -2.29. The van der Waals surface area contributed by atoms with Crippen LogP contribution < -0.4 is 19.7 Å². The highest BCUT2D eigenvalue weighted by atomic mass is 35.5. The van der Waals surface area contributed by atoms with Gasteiger partial charge in [0.05, 0.1) is 24.9 Å². The Balaban J connectivity index is 2.04. The highest BCUT2D eigenvalue weighted by Crippen LogP contribution is 2.32. The Bertz CT molecular complexity index is 1020. The third-order valence-corrected chi connectivity index (χ3v) is 4.79. The summed E-state index contributed by atoms with van der Waals surface area (Å²) < 4.78 is 10.4. The van der Waals surface area contributed by atoms with Gasteiger partial charge in [-0.1, -0.05) is 29.3 Å². The molecule has 3 rings (SSSR count). The average Bonchev–Trinajstić information content (AvgIpc) is 2.66. The number of benzene rings is 2. The number of nitrogens with one attached hydrogen (secondary N) is 1. The van der Waals surface area contributed by atoms with Gasteiger partial charge in [-0.3, -0.25) is 19.8 Å². The van der Waals surface area contributed by atoms with Crippen molar-refractivity contribution in [1.82, 2.24) is 5.32 Å². The van der Waals surface area contributed by atoms with Gasteiger partial charge in [0.25, 0.3) is 11.8 Å². The third-order valence-electron chi connectivity index (χ3n) is 3.97. The molecule has 1 saturated heterocycles. The van der Waals surface area contributed by atoms with Crippen LogP contribution in [0.3, 0.4) is 0 Å². The number of thiocarbonyl (C=S) groups is 1. The van der Waals surface area contributed by atoms with Crippen molar-refractivity contribution in [3.05, 3.63) is 57.6 Å². The first kappa shape index (κ1) is 20.1. The Morgan fingerprint density at radius 3 is 2.39 bits per heavy atom. The monoisotopic (exact) mass is 436 g/mol. The van der Waals surface area contributed by atoms with Crippen LogP contribution in [0.5, 0.6) is 11.5 Å². The molecule has 2 aromatic carbocycles. The van der Waals surface area contributed by atoms with Crippen molar-refractivity contribution in [2.24, 2.45) is 0 Å². The molecule has 1 fully saturated rings. The van der Waals surface area contributed by atoms with Crippen LogP contribution in [-0.4, -0.2) is 31.1 Å². The van der Waals surface area contributed by atoms with E-state index in [9.17, 15) is 9.59 Å². The van der Waals surface area contributed by atoms with Crippen LogP contribution in [0.4, 0.5) is 5.69 Å². The van der Waals surface area contributed by atoms with Gasteiger partial charge < -0.3 is 9.47 Å². The Labute approximate surface area is 176 Å². The standard InChI is InChI=1S/C19H14Cl2N2O4S/c1-26-15-6-3-10(8-16(15)27-2)7-12-17(24)22-19(28)23(18(12)25)14-5-4-11(20)9-13(14)21/h3-9H,1-2H3,(H,22,24,28)/b12-7-. The number of methoxy groups -OCH3 is 2. The molecular weight excluding hydrogens is 423 g/mol. The maximum atomic E-state index is 13.0. The van der Waals surface area contributed by atoms with Gasteiger partial charge in [-0.15, -0.1) is 0 Å². The molecule has 1 aliphatic rings. The number of hydrogen-bond donors (Lipinski definition) is 1. The molecule has 2 amide bonds. The van der Waals surface area contributed by atoms with E-state index in [0.29, 0.717) is 27.8 Å². The zero-order valence-electron chi connectivity index (χ0n) is 14.8. The molecule has 0 radical (unpaired) electrons. The highest BCUT2D eigenvalue weighted by molar-refractivity contribution is 7.80. The summed E-state index contributed by atoms with van der Waals surface area (Å²) >= 11 is 17.3. The van der Waals surface area contributed by atoms with E-state index in [1.165, 1.54) is 26.4 Å². The van der Waals surface area contributed by atoms with Crippen LogP contribution in [0.15, 0.2) is 42.0 Å². The van der Waals surface area contributed by atoms with Crippen molar-refractivity contribution >= 4 is 64.1 Å². The SMILES string of the molecule is COc1ccc(/C=C2/C(=O)NC(=S)N(c3ccc(Cl)cc3Cl)C2=O)cc1OC. The van der Waals surface area contributed by atoms with E-state index in [1.807, 2.05) is 0 Å². The zero-order chi connectivity index (χ0) is 20.4. The van der Waals surface area contributed by atoms with E-state index < -0.39 is 11.8 Å². The molecule has 6 nitrogen and oxygen atoms in total. The minimum Gasteiger partial charge on any atom is -0.493 e. The Morgan fingerprint density at radius 1 is 1.04 bits per heavy atom. The van der Waals surface area contributed by atoms with Crippen LogP contribution in [0, 0.1) is 0 Å². The molecule has 28 heavy (non-hydrogen) atoms. The molecule has 1 N–H and O–H groups in total. The third kappa shape index (κ3) is 3.82. The van der Waals surface area contributed by atoms with E-state index in [-0.39, 0.29) is 15.7 Å². The van der Waals surface area contributed by atoms with Crippen molar-refractivity contribution in [1.29, 1.82) is 0 Å². The van der Waals surface area contributed by atoms with Crippen molar-refractivity contribution in [3.8, 4) is 11.5 Å². The summed E-state index contributed by atoms with van der Waals surface area (Å²) in [6, 6.07) is 9.64. The van der Waals surface area contributed by atoms with Gasteiger partial charge in [0.15, 0.2) is 16.6 Å². The Hall–Kier alpha value is -2.61. The maximum Gasteiger partial charge on any atom is 0.270 e. The van der Waals surface area contributed by atoms with Crippen molar-refractivity contribution < 1.29 is 19.1 Å². The minimum atomic E-state index is -0.605. The van der Waals surface area contributed by atoms with Crippen molar-refractivity contribution in [2.45, 2.75) is 0 Å². The molecule has 1 aliphatic heterocycles. The molecule has 0 atom stereocenters. The number of hydrogen-bond acceptors (Lipinski definition) is 5. The largest absolute Gasteiger partial charge is 0.493 e. The minimum absolute atomic E-state index is 0.0660. The molecule has 2 aromatic rings. The van der Waals surface area contributed by atoms with Crippen LogP contribution in [-0.2, 0) is 9.59 Å². The van der Waals surface area contributed by atoms with Crippen molar-refractivity contribution in [2.75, 3.05) is 19.1 Å². The van der Waals surface area contributed by atoms with Gasteiger partial charge in [-0.05, 0) is 54.2 Å². The predicted molar refractivity (Wildman–Crippen MR) is 112 cm³/mol. The summed E-state index contributed by atoms with van der Waals surface area (Å²) in [4.78, 5) is 26.6. The summed E-state index contributed by atoms with van der Waals surface area (Å²) in [6.07, 6.45) is 1.44. The number of carbonyl (C=O) groups excluding carboxylic acids is 2. The number of nitrogens with zero attached hydrogens (tertiary/aromatic N) is 1. The molecule has 0 spiro atoms. The molecule has 0 unspecified atom stereocenters. The topological polar surface area (TPSA) is 67.9 Å². The van der Waals surface area contributed by atoms with Crippen LogP contribution in [0.1, 0.15) is 5.56 Å². The summed E-state index contributed by atoms with van der Waals surface area (Å²) in [5, 5.41) is 3.08. The fourth-order valence-corrected chi connectivity index (χ4v) is 3.42. The molecule has 0 aromatic heterocycles. The zero-order valence-corrected chi connectivity index (χ0v) is 17.1. The average molecular weight is 437 g/mol. The molecular formula is C19H14Cl2N2O4S. The Kier molecular flexibility index (Phi) is 5.88. The normalized spacial score (nSPS) is 15.6. The van der Waals surface area contributed by atoms with E-state index in [0.717, 1.165) is 4.90 Å². The van der Waals surface area contributed by atoms with E-state index >= 15 is 0 Å². The smallest absolute Gasteiger partial charge is 0.270 e. The number of rotatable bonds is 4. The van der Waals surface area contributed by atoms with E-state index in [4.69, 9.17) is 44.9 Å². The first-order chi connectivity index (χ1) is 13.3. The number of ether oxygens (including phenoxy) is 2. The fourth-order valence-electron chi connectivity index (χ4n) is 2.65. The molecule has 9 heteroatoms. The van der Waals surface area contributed by atoms with Gasteiger partial charge in [0.1, 0.15) is 5.57 Å². The first-order valence-electron chi connectivity index (χ1n) is 7.94. The second kappa shape index (κ2) is 8.18.